The fraction of sp³-hybridized carbons (Fsp3) is 0.200. The smallest absolute Gasteiger partial charge is 0.293 e. The van der Waals surface area contributed by atoms with E-state index in [1.165, 1.54) is 23.0 Å². The van der Waals surface area contributed by atoms with E-state index in [4.69, 9.17) is 8.94 Å². The average molecular weight is 393 g/mol. The highest BCUT2D eigenvalue weighted by Crippen LogP contribution is 2.27. The first-order chi connectivity index (χ1) is 13.9. The molecule has 0 spiro atoms. The first-order valence-electron chi connectivity index (χ1n) is 9.05. The van der Waals surface area contributed by atoms with Gasteiger partial charge in [-0.15, -0.1) is 0 Å². The van der Waals surface area contributed by atoms with Gasteiger partial charge < -0.3 is 13.5 Å². The van der Waals surface area contributed by atoms with E-state index in [0.29, 0.717) is 28.1 Å². The Morgan fingerprint density at radius 2 is 1.97 bits per heavy atom. The molecule has 0 fully saturated rings. The molecule has 8 nitrogen and oxygen atoms in total. The predicted molar refractivity (Wildman–Crippen MR) is 103 cm³/mol. The number of rotatable bonds is 3. The predicted octanol–water partition coefficient (Wildman–Crippen LogP) is 3.99. The lowest BCUT2D eigenvalue weighted by molar-refractivity contribution is 0.414. The summed E-state index contributed by atoms with van der Waals surface area (Å²) in [5.41, 5.74) is 1.40. The van der Waals surface area contributed by atoms with Gasteiger partial charge in [0, 0.05) is 6.04 Å². The molecule has 0 atom stereocenters. The van der Waals surface area contributed by atoms with Crippen LogP contribution in [0.5, 0.6) is 0 Å². The molecule has 146 valence electrons. The van der Waals surface area contributed by atoms with Gasteiger partial charge in [0.25, 0.3) is 11.4 Å². The molecule has 5 rings (SSSR count). The first-order valence-corrected chi connectivity index (χ1v) is 9.05. The summed E-state index contributed by atoms with van der Waals surface area (Å²) in [5.74, 6) is 1.10. The van der Waals surface area contributed by atoms with Crippen LogP contribution in [0.4, 0.5) is 4.39 Å². The van der Waals surface area contributed by atoms with Crippen LogP contribution in [0.15, 0.2) is 50.4 Å². The molecule has 29 heavy (non-hydrogen) atoms. The third-order valence-electron chi connectivity index (χ3n) is 4.75. The van der Waals surface area contributed by atoms with Crippen molar-refractivity contribution in [1.29, 1.82) is 0 Å². The molecule has 0 aliphatic heterocycles. The van der Waals surface area contributed by atoms with Crippen LogP contribution in [-0.2, 0) is 0 Å². The lowest BCUT2D eigenvalue weighted by Crippen LogP contribution is -2.24. The Kier molecular flexibility index (Phi) is 3.67. The van der Waals surface area contributed by atoms with Crippen molar-refractivity contribution in [3.05, 3.63) is 58.6 Å². The minimum Gasteiger partial charge on any atom is -0.456 e. The fourth-order valence-corrected chi connectivity index (χ4v) is 3.50. The summed E-state index contributed by atoms with van der Waals surface area (Å²) < 4.78 is 27.8. The number of hydrogen-bond acceptors (Lipinski definition) is 6. The maximum atomic E-state index is 13.9. The highest BCUT2D eigenvalue weighted by Gasteiger charge is 2.22. The molecule has 0 bridgehead atoms. The highest BCUT2D eigenvalue weighted by molar-refractivity contribution is 5.83. The Morgan fingerprint density at radius 1 is 1.14 bits per heavy atom. The summed E-state index contributed by atoms with van der Waals surface area (Å²) in [7, 11) is 0. The molecule has 1 aromatic carbocycles. The van der Waals surface area contributed by atoms with Crippen molar-refractivity contribution in [2.75, 3.05) is 0 Å². The third-order valence-corrected chi connectivity index (χ3v) is 4.75. The van der Waals surface area contributed by atoms with Crippen LogP contribution in [-0.4, -0.2) is 24.1 Å². The second-order valence-corrected chi connectivity index (χ2v) is 7.05. The Bertz CT molecular complexity index is 1440. The van der Waals surface area contributed by atoms with E-state index in [1.807, 2.05) is 20.8 Å². The van der Waals surface area contributed by atoms with E-state index in [0.717, 1.165) is 0 Å². The Hall–Kier alpha value is -3.75. The highest BCUT2D eigenvalue weighted by atomic mass is 19.1. The molecule has 0 aliphatic carbocycles. The monoisotopic (exact) mass is 393 g/mol. The number of aromatic nitrogens is 5. The van der Waals surface area contributed by atoms with E-state index in [-0.39, 0.29) is 29.0 Å². The van der Waals surface area contributed by atoms with Crippen LogP contribution in [0.25, 0.3) is 39.7 Å². The molecule has 0 radical (unpaired) electrons. The van der Waals surface area contributed by atoms with E-state index in [1.54, 1.807) is 22.6 Å². The van der Waals surface area contributed by atoms with Gasteiger partial charge >= 0.3 is 0 Å². The van der Waals surface area contributed by atoms with E-state index < -0.39 is 5.82 Å². The molecule has 0 saturated heterocycles. The van der Waals surface area contributed by atoms with Crippen molar-refractivity contribution >= 4 is 16.6 Å². The summed E-state index contributed by atoms with van der Waals surface area (Å²) in [6.07, 6.45) is 1.50. The Morgan fingerprint density at radius 3 is 2.69 bits per heavy atom. The minimum atomic E-state index is -0.414. The average Bonchev–Trinajstić information content (AvgIpc) is 3.39. The molecule has 0 saturated carbocycles. The summed E-state index contributed by atoms with van der Waals surface area (Å²) in [6, 6.07) is 7.65. The lowest BCUT2D eigenvalue weighted by Gasteiger charge is -2.15. The van der Waals surface area contributed by atoms with Crippen LogP contribution < -0.4 is 5.56 Å². The number of aryl methyl sites for hydroxylation is 1. The number of furan rings is 1. The van der Waals surface area contributed by atoms with Crippen molar-refractivity contribution in [3.63, 3.8) is 0 Å². The van der Waals surface area contributed by atoms with Crippen LogP contribution >= 0.6 is 0 Å². The molecular formula is C20H16FN5O3. The van der Waals surface area contributed by atoms with Gasteiger partial charge in [-0.05, 0) is 51.1 Å². The molecule has 9 heteroatoms. The van der Waals surface area contributed by atoms with Gasteiger partial charge in [0.15, 0.2) is 5.76 Å². The number of fused-ring (bicyclic) bond motifs is 3. The second-order valence-electron chi connectivity index (χ2n) is 7.05. The zero-order valence-corrected chi connectivity index (χ0v) is 15.9. The largest absolute Gasteiger partial charge is 0.456 e. The van der Waals surface area contributed by atoms with Gasteiger partial charge in [0.2, 0.25) is 5.82 Å². The maximum Gasteiger partial charge on any atom is 0.293 e. The van der Waals surface area contributed by atoms with Crippen molar-refractivity contribution in [1.82, 2.24) is 24.1 Å². The lowest BCUT2D eigenvalue weighted by atomic mass is 10.2. The Labute approximate surface area is 163 Å². The topological polar surface area (TPSA) is 91.4 Å². The number of halogens is 1. The molecule has 0 N–H and O–H groups in total. The maximum absolute atomic E-state index is 13.9. The normalized spacial score (nSPS) is 11.9. The van der Waals surface area contributed by atoms with E-state index in [9.17, 15) is 9.18 Å². The Balaban J connectivity index is 1.79. The molecule has 4 aromatic heterocycles. The molecule has 0 aliphatic rings. The number of hydrogen-bond donors (Lipinski definition) is 0. The summed E-state index contributed by atoms with van der Waals surface area (Å²) in [5, 5.41) is 3.97. The van der Waals surface area contributed by atoms with Gasteiger partial charge in [-0.2, -0.15) is 4.98 Å². The van der Waals surface area contributed by atoms with Crippen molar-refractivity contribution in [2.24, 2.45) is 0 Å². The summed E-state index contributed by atoms with van der Waals surface area (Å²) >= 11 is 0. The van der Waals surface area contributed by atoms with Gasteiger partial charge in [0.1, 0.15) is 29.1 Å². The minimum absolute atomic E-state index is 0.172. The van der Waals surface area contributed by atoms with Gasteiger partial charge in [0.05, 0.1) is 11.0 Å². The van der Waals surface area contributed by atoms with E-state index >= 15 is 0 Å². The van der Waals surface area contributed by atoms with Crippen LogP contribution in [0.2, 0.25) is 0 Å². The molecule has 5 aromatic rings. The fourth-order valence-electron chi connectivity index (χ4n) is 3.50. The second kappa shape index (κ2) is 6.13. The summed E-state index contributed by atoms with van der Waals surface area (Å²) in [4.78, 5) is 22.0. The standard InChI is InChI=1S/C20H16FN5O3/c1-10(2)26-14-8-12(21)5-6-13(14)25-9-22-16(17(25)20(26)27)18-23-19(29-24-18)15-7-4-11(3)28-15/h4-10H,1-3H3. The number of benzene rings is 1. The zero-order chi connectivity index (χ0) is 20.3. The molecular weight excluding hydrogens is 377 g/mol. The molecule has 0 unspecified atom stereocenters. The van der Waals surface area contributed by atoms with Gasteiger partial charge in [-0.25, -0.2) is 9.37 Å². The number of imidazole rings is 1. The first kappa shape index (κ1) is 17.4. The van der Waals surface area contributed by atoms with Crippen molar-refractivity contribution in [3.8, 4) is 23.2 Å². The van der Waals surface area contributed by atoms with Crippen LogP contribution in [0, 0.1) is 12.7 Å². The van der Waals surface area contributed by atoms with E-state index in [2.05, 4.69) is 15.1 Å². The third kappa shape index (κ3) is 2.58. The van der Waals surface area contributed by atoms with Gasteiger partial charge in [-0.3, -0.25) is 9.20 Å². The van der Waals surface area contributed by atoms with Crippen LogP contribution in [0.1, 0.15) is 25.6 Å². The van der Waals surface area contributed by atoms with Gasteiger partial charge in [-0.1, -0.05) is 5.16 Å². The number of nitrogens with zero attached hydrogens (tertiary/aromatic N) is 5. The summed E-state index contributed by atoms with van der Waals surface area (Å²) in [6.45, 7) is 5.54. The molecule has 0 amide bonds. The van der Waals surface area contributed by atoms with Crippen molar-refractivity contribution in [2.45, 2.75) is 26.8 Å². The molecule has 4 heterocycles. The quantitative estimate of drug-likeness (QED) is 0.460. The zero-order valence-electron chi connectivity index (χ0n) is 15.9. The SMILES string of the molecule is Cc1ccc(-c2nc(-c3ncn4c3c(=O)n(C(C)C)c3cc(F)ccc34)no2)o1. The van der Waals surface area contributed by atoms with Crippen LogP contribution in [0.3, 0.4) is 0 Å². The van der Waals surface area contributed by atoms with Crippen molar-refractivity contribution < 1.29 is 13.3 Å².